The van der Waals surface area contributed by atoms with Crippen LogP contribution in [0.15, 0.2) is 16.7 Å². The summed E-state index contributed by atoms with van der Waals surface area (Å²) in [5, 5.41) is 12.2. The Bertz CT molecular complexity index is 382. The zero-order chi connectivity index (χ0) is 12.3. The average molecular weight is 239 g/mol. The van der Waals surface area contributed by atoms with Crippen LogP contribution in [0.5, 0.6) is 0 Å². The molecule has 1 aliphatic rings. The molecular formula is C12H17NO4. The summed E-state index contributed by atoms with van der Waals surface area (Å²) in [7, 11) is 0. The maximum absolute atomic E-state index is 10.9. The standard InChI is InChI=1S/C12H17NO4/c1-8(10-3-2-5-16-10)13-7-11-9(12(14)15)4-6-17-11/h4,6,8,10,13H,2-3,5,7H2,1H3,(H,14,15). The van der Waals surface area contributed by atoms with Crippen molar-refractivity contribution in [3.8, 4) is 0 Å². The molecule has 1 aromatic heterocycles. The molecule has 1 aliphatic heterocycles. The molecule has 2 heterocycles. The molecule has 2 unspecified atom stereocenters. The number of carboxylic acid groups (broad SMARTS) is 1. The Morgan fingerprint density at radius 3 is 3.18 bits per heavy atom. The number of aromatic carboxylic acids is 1. The highest BCUT2D eigenvalue weighted by molar-refractivity contribution is 5.88. The molecule has 5 nitrogen and oxygen atoms in total. The van der Waals surface area contributed by atoms with Gasteiger partial charge < -0.3 is 19.6 Å². The highest BCUT2D eigenvalue weighted by atomic mass is 16.5. The van der Waals surface area contributed by atoms with Gasteiger partial charge in [-0.2, -0.15) is 0 Å². The van der Waals surface area contributed by atoms with Crippen LogP contribution in [0.2, 0.25) is 0 Å². The van der Waals surface area contributed by atoms with Crippen LogP contribution in [0.25, 0.3) is 0 Å². The monoisotopic (exact) mass is 239 g/mol. The number of carbonyl (C=O) groups is 1. The van der Waals surface area contributed by atoms with Gasteiger partial charge in [0.15, 0.2) is 0 Å². The van der Waals surface area contributed by atoms with Gasteiger partial charge in [-0.3, -0.25) is 0 Å². The Hall–Kier alpha value is -1.33. The Morgan fingerprint density at radius 2 is 2.53 bits per heavy atom. The molecule has 0 saturated carbocycles. The number of furan rings is 1. The molecule has 1 saturated heterocycles. The van der Waals surface area contributed by atoms with Crippen LogP contribution in [-0.2, 0) is 11.3 Å². The van der Waals surface area contributed by atoms with Crippen molar-refractivity contribution in [2.24, 2.45) is 0 Å². The summed E-state index contributed by atoms with van der Waals surface area (Å²) >= 11 is 0. The lowest BCUT2D eigenvalue weighted by Crippen LogP contribution is -2.36. The summed E-state index contributed by atoms with van der Waals surface area (Å²) in [5.74, 6) is -0.498. The van der Waals surface area contributed by atoms with Crippen molar-refractivity contribution in [1.29, 1.82) is 0 Å². The fourth-order valence-electron chi connectivity index (χ4n) is 2.05. The van der Waals surface area contributed by atoms with Crippen LogP contribution in [0.4, 0.5) is 0 Å². The predicted octanol–water partition coefficient (Wildman–Crippen LogP) is 1.63. The summed E-state index contributed by atoms with van der Waals surface area (Å²) in [6, 6.07) is 1.67. The smallest absolute Gasteiger partial charge is 0.339 e. The molecule has 2 atom stereocenters. The number of nitrogens with one attached hydrogen (secondary N) is 1. The van der Waals surface area contributed by atoms with E-state index < -0.39 is 5.97 Å². The van der Waals surface area contributed by atoms with Crippen molar-refractivity contribution in [2.45, 2.75) is 38.5 Å². The minimum atomic E-state index is -0.958. The van der Waals surface area contributed by atoms with E-state index in [9.17, 15) is 4.79 Å². The van der Waals surface area contributed by atoms with Gasteiger partial charge >= 0.3 is 5.97 Å². The lowest BCUT2D eigenvalue weighted by molar-refractivity contribution is 0.0692. The molecule has 94 valence electrons. The normalized spacial score (nSPS) is 21.6. The minimum Gasteiger partial charge on any atom is -0.478 e. The number of rotatable bonds is 5. The summed E-state index contributed by atoms with van der Waals surface area (Å²) in [4.78, 5) is 10.9. The van der Waals surface area contributed by atoms with Crippen molar-refractivity contribution in [1.82, 2.24) is 5.32 Å². The second-order valence-corrected chi connectivity index (χ2v) is 4.28. The van der Waals surface area contributed by atoms with Crippen LogP contribution in [0, 0.1) is 0 Å². The first-order chi connectivity index (χ1) is 8.18. The second kappa shape index (κ2) is 5.33. The molecule has 0 radical (unpaired) electrons. The average Bonchev–Trinajstić information content (AvgIpc) is 2.96. The van der Waals surface area contributed by atoms with E-state index in [1.807, 2.05) is 6.92 Å². The van der Waals surface area contributed by atoms with Gasteiger partial charge in [-0.15, -0.1) is 0 Å². The molecule has 0 aromatic carbocycles. The molecule has 0 aliphatic carbocycles. The molecule has 0 spiro atoms. The van der Waals surface area contributed by atoms with Gasteiger partial charge in [0.05, 0.1) is 18.9 Å². The molecule has 5 heteroatoms. The second-order valence-electron chi connectivity index (χ2n) is 4.28. The quantitative estimate of drug-likeness (QED) is 0.817. The summed E-state index contributed by atoms with van der Waals surface area (Å²) in [6.07, 6.45) is 3.77. The Kier molecular flexibility index (Phi) is 3.81. The van der Waals surface area contributed by atoms with E-state index in [1.165, 1.54) is 12.3 Å². The van der Waals surface area contributed by atoms with Gasteiger partial charge in [0.1, 0.15) is 11.3 Å². The fourth-order valence-corrected chi connectivity index (χ4v) is 2.05. The van der Waals surface area contributed by atoms with Crippen LogP contribution in [-0.4, -0.2) is 29.8 Å². The van der Waals surface area contributed by atoms with Gasteiger partial charge in [-0.25, -0.2) is 4.79 Å². The van der Waals surface area contributed by atoms with E-state index >= 15 is 0 Å². The summed E-state index contributed by atoms with van der Waals surface area (Å²) in [6.45, 7) is 3.27. The first kappa shape index (κ1) is 12.1. The Morgan fingerprint density at radius 1 is 1.71 bits per heavy atom. The maximum atomic E-state index is 10.9. The number of ether oxygens (including phenoxy) is 1. The Balaban J connectivity index is 1.88. The van der Waals surface area contributed by atoms with Crippen LogP contribution < -0.4 is 5.32 Å². The van der Waals surface area contributed by atoms with Crippen LogP contribution >= 0.6 is 0 Å². The molecule has 1 aromatic rings. The first-order valence-electron chi connectivity index (χ1n) is 5.83. The van der Waals surface area contributed by atoms with E-state index in [2.05, 4.69) is 5.32 Å². The third kappa shape index (κ3) is 2.87. The van der Waals surface area contributed by atoms with Gasteiger partial charge in [0.2, 0.25) is 0 Å². The molecule has 2 N–H and O–H groups in total. The van der Waals surface area contributed by atoms with Crippen molar-refractivity contribution >= 4 is 5.97 Å². The van der Waals surface area contributed by atoms with Gasteiger partial charge in [0, 0.05) is 12.6 Å². The molecular weight excluding hydrogens is 222 g/mol. The summed E-state index contributed by atoms with van der Waals surface area (Å²) < 4.78 is 10.7. The third-order valence-corrected chi connectivity index (χ3v) is 3.08. The van der Waals surface area contributed by atoms with Crippen LogP contribution in [0.3, 0.4) is 0 Å². The third-order valence-electron chi connectivity index (χ3n) is 3.08. The summed E-state index contributed by atoms with van der Waals surface area (Å²) in [5.41, 5.74) is 0.219. The largest absolute Gasteiger partial charge is 0.478 e. The zero-order valence-corrected chi connectivity index (χ0v) is 9.81. The molecule has 2 rings (SSSR count). The number of carboxylic acids is 1. The minimum absolute atomic E-state index is 0.198. The molecule has 1 fully saturated rings. The van der Waals surface area contributed by atoms with E-state index in [4.69, 9.17) is 14.3 Å². The van der Waals surface area contributed by atoms with E-state index in [1.54, 1.807) is 0 Å². The van der Waals surface area contributed by atoms with Crippen molar-refractivity contribution in [3.63, 3.8) is 0 Å². The predicted molar refractivity (Wildman–Crippen MR) is 60.9 cm³/mol. The molecule has 0 amide bonds. The number of hydrogen-bond donors (Lipinski definition) is 2. The zero-order valence-electron chi connectivity index (χ0n) is 9.81. The molecule has 0 bridgehead atoms. The molecule has 17 heavy (non-hydrogen) atoms. The number of hydrogen-bond acceptors (Lipinski definition) is 4. The van der Waals surface area contributed by atoms with E-state index in [0.29, 0.717) is 12.3 Å². The van der Waals surface area contributed by atoms with E-state index in [-0.39, 0.29) is 17.7 Å². The van der Waals surface area contributed by atoms with Gasteiger partial charge in [-0.05, 0) is 25.8 Å². The highest BCUT2D eigenvalue weighted by Crippen LogP contribution is 2.16. The Labute approximate surface area is 99.8 Å². The maximum Gasteiger partial charge on any atom is 0.339 e. The van der Waals surface area contributed by atoms with Crippen LogP contribution in [0.1, 0.15) is 35.9 Å². The highest BCUT2D eigenvalue weighted by Gasteiger charge is 2.22. The SMILES string of the molecule is CC(NCc1occc1C(=O)O)C1CCCO1. The van der Waals surface area contributed by atoms with Crippen molar-refractivity contribution in [2.75, 3.05) is 6.61 Å². The fraction of sp³-hybridized carbons (Fsp3) is 0.583. The van der Waals surface area contributed by atoms with Gasteiger partial charge in [0.25, 0.3) is 0 Å². The lowest BCUT2D eigenvalue weighted by Gasteiger charge is -2.19. The van der Waals surface area contributed by atoms with E-state index in [0.717, 1.165) is 19.4 Å². The topological polar surface area (TPSA) is 71.7 Å². The lowest BCUT2D eigenvalue weighted by atomic mass is 10.1. The van der Waals surface area contributed by atoms with Gasteiger partial charge in [-0.1, -0.05) is 0 Å². The van der Waals surface area contributed by atoms with Crippen molar-refractivity contribution in [3.05, 3.63) is 23.7 Å². The first-order valence-corrected chi connectivity index (χ1v) is 5.83. The van der Waals surface area contributed by atoms with Crippen molar-refractivity contribution < 1.29 is 19.1 Å².